The van der Waals surface area contributed by atoms with Crippen molar-refractivity contribution >= 4 is 5.97 Å². The van der Waals surface area contributed by atoms with E-state index in [-0.39, 0.29) is 22.0 Å². The van der Waals surface area contributed by atoms with E-state index in [1.54, 1.807) is 24.3 Å². The first-order valence-electron chi connectivity index (χ1n) is 17.7. The zero-order valence-electron chi connectivity index (χ0n) is 30.5. The molecule has 2 nitrogen and oxygen atoms in total. The smallest absolute Gasteiger partial charge is 0.323 e. The molecule has 53 heavy (non-hydrogen) atoms. The van der Waals surface area contributed by atoms with Crippen LogP contribution in [0.15, 0.2) is 121 Å². The molecule has 0 aromatic heterocycles. The van der Waals surface area contributed by atoms with E-state index < -0.39 is 41.1 Å². The molecule has 0 saturated carbocycles. The summed E-state index contributed by atoms with van der Waals surface area (Å²) >= 11 is 0. The van der Waals surface area contributed by atoms with Gasteiger partial charge >= 0.3 is 5.97 Å². The molecule has 0 spiro atoms. The Morgan fingerprint density at radius 2 is 0.981 bits per heavy atom. The van der Waals surface area contributed by atoms with E-state index in [4.69, 9.17) is 4.74 Å². The fourth-order valence-electron chi connectivity index (χ4n) is 7.20. The summed E-state index contributed by atoms with van der Waals surface area (Å²) in [7, 11) is 0. The lowest BCUT2D eigenvalue weighted by molar-refractivity contribution is -0.135. The summed E-state index contributed by atoms with van der Waals surface area (Å²) in [5, 5.41) is 0. The first-order valence-corrected chi connectivity index (χ1v) is 17.7. The summed E-state index contributed by atoms with van der Waals surface area (Å²) in [6, 6.07) is 32.4. The number of ether oxygens (including phenoxy) is 1. The summed E-state index contributed by atoms with van der Waals surface area (Å²) < 4.78 is 65.6. The highest BCUT2D eigenvalue weighted by atomic mass is 19.1. The molecule has 0 unspecified atom stereocenters. The Hall–Kier alpha value is -5.49. The van der Waals surface area contributed by atoms with Crippen LogP contribution in [-0.2, 0) is 15.6 Å². The fourth-order valence-corrected chi connectivity index (χ4v) is 7.20. The average Bonchev–Trinajstić information content (AvgIpc) is 3.44. The van der Waals surface area contributed by atoms with Gasteiger partial charge in [-0.1, -0.05) is 114 Å². The first kappa shape index (κ1) is 35.9. The fraction of sp³-hybridized carbons (Fsp3) is 0.213. The standard InChI is InChI=1S/C47H40F4O2/c1-46(2,3)31-13-21-36-37-22-14-32(47(4,5)6)26-39(37)43(38(36)25-31)45(52)53-35-19-11-27(12-20-35)30-23-40(50)44(41(51)24-30)42(28-7-15-33(48)16-8-28)29-9-17-34(49)18-10-29/h7-26,42-43H,1-6H3. The second kappa shape index (κ2) is 13.5. The minimum atomic E-state index is -0.947. The molecular formula is C47H40F4O2. The van der Waals surface area contributed by atoms with Crippen molar-refractivity contribution in [2.75, 3.05) is 0 Å². The molecule has 0 heterocycles. The Morgan fingerprint density at radius 3 is 1.40 bits per heavy atom. The van der Waals surface area contributed by atoms with Crippen LogP contribution in [0.3, 0.4) is 0 Å². The summed E-state index contributed by atoms with van der Waals surface area (Å²) in [5.74, 6) is -4.28. The third-order valence-electron chi connectivity index (χ3n) is 10.2. The van der Waals surface area contributed by atoms with E-state index in [2.05, 4.69) is 77.9 Å². The maximum Gasteiger partial charge on any atom is 0.323 e. The molecule has 0 bridgehead atoms. The minimum absolute atomic E-state index is 0.120. The van der Waals surface area contributed by atoms with Crippen LogP contribution in [0.1, 0.15) is 92.3 Å². The number of carbonyl (C=O) groups excluding carboxylic acids is 1. The van der Waals surface area contributed by atoms with Crippen molar-refractivity contribution < 1.29 is 27.1 Å². The van der Waals surface area contributed by atoms with Crippen molar-refractivity contribution in [3.05, 3.63) is 184 Å². The second-order valence-corrected chi connectivity index (χ2v) is 15.9. The van der Waals surface area contributed by atoms with E-state index in [1.807, 2.05) is 0 Å². The van der Waals surface area contributed by atoms with Gasteiger partial charge < -0.3 is 4.74 Å². The molecule has 0 fully saturated rings. The van der Waals surface area contributed by atoms with Crippen molar-refractivity contribution in [1.29, 1.82) is 0 Å². The zero-order valence-corrected chi connectivity index (χ0v) is 30.5. The molecule has 0 radical (unpaired) electrons. The summed E-state index contributed by atoms with van der Waals surface area (Å²) in [4.78, 5) is 14.1. The second-order valence-electron chi connectivity index (χ2n) is 15.9. The van der Waals surface area contributed by atoms with E-state index in [9.17, 15) is 13.6 Å². The monoisotopic (exact) mass is 712 g/mol. The highest BCUT2D eigenvalue weighted by molar-refractivity contribution is 5.95. The SMILES string of the molecule is CC(C)(C)c1ccc2c(c1)C(C(=O)Oc1ccc(-c3cc(F)c(C(c4ccc(F)cc4)c4ccc(F)cc4)c(F)c3)cc1)c1cc(C(C)(C)C)ccc1-2. The highest BCUT2D eigenvalue weighted by Gasteiger charge is 2.37. The molecule has 7 rings (SSSR count). The van der Waals surface area contributed by atoms with Gasteiger partial charge in [-0.15, -0.1) is 0 Å². The first-order chi connectivity index (χ1) is 25.1. The van der Waals surface area contributed by atoms with Crippen LogP contribution in [0.4, 0.5) is 17.6 Å². The zero-order chi connectivity index (χ0) is 37.8. The van der Waals surface area contributed by atoms with Crippen LogP contribution in [0, 0.1) is 23.3 Å². The van der Waals surface area contributed by atoms with Crippen LogP contribution in [0.25, 0.3) is 22.3 Å². The van der Waals surface area contributed by atoms with Gasteiger partial charge in [-0.05, 0) is 115 Å². The van der Waals surface area contributed by atoms with E-state index in [0.29, 0.717) is 22.4 Å². The molecule has 0 saturated heterocycles. The van der Waals surface area contributed by atoms with Gasteiger partial charge in [0.1, 0.15) is 34.9 Å². The van der Waals surface area contributed by atoms with Gasteiger partial charge in [0.15, 0.2) is 0 Å². The molecule has 6 heteroatoms. The Bertz CT molecular complexity index is 2200. The lowest BCUT2D eigenvalue weighted by atomic mass is 9.83. The van der Waals surface area contributed by atoms with Crippen molar-refractivity contribution in [2.45, 2.75) is 64.2 Å². The Balaban J connectivity index is 1.19. The lowest BCUT2D eigenvalue weighted by Gasteiger charge is -2.22. The number of esters is 1. The van der Waals surface area contributed by atoms with Crippen LogP contribution in [0.2, 0.25) is 0 Å². The topological polar surface area (TPSA) is 26.3 Å². The Morgan fingerprint density at radius 1 is 0.547 bits per heavy atom. The number of fused-ring (bicyclic) bond motifs is 3. The molecule has 1 aliphatic carbocycles. The average molecular weight is 713 g/mol. The largest absolute Gasteiger partial charge is 0.426 e. The lowest BCUT2D eigenvalue weighted by Crippen LogP contribution is -2.20. The third kappa shape index (κ3) is 7.03. The summed E-state index contributed by atoms with van der Waals surface area (Å²) in [5.41, 5.74) is 7.29. The van der Waals surface area contributed by atoms with Crippen LogP contribution < -0.4 is 4.74 Å². The van der Waals surface area contributed by atoms with Crippen molar-refractivity contribution in [3.8, 4) is 28.0 Å². The number of halogens is 4. The Kier molecular flexibility index (Phi) is 9.13. The van der Waals surface area contributed by atoms with Gasteiger partial charge in [0.05, 0.1) is 0 Å². The highest BCUT2D eigenvalue weighted by Crippen LogP contribution is 2.48. The third-order valence-corrected chi connectivity index (χ3v) is 10.2. The van der Waals surface area contributed by atoms with Crippen molar-refractivity contribution in [2.24, 2.45) is 0 Å². The molecule has 6 aromatic rings. The molecule has 0 N–H and O–H groups in total. The number of hydrogen-bond acceptors (Lipinski definition) is 2. The maximum atomic E-state index is 16.0. The molecule has 6 aromatic carbocycles. The summed E-state index contributed by atoms with van der Waals surface area (Å²) in [6.45, 7) is 12.9. The van der Waals surface area contributed by atoms with Gasteiger partial charge in [0.25, 0.3) is 0 Å². The predicted octanol–water partition coefficient (Wildman–Crippen LogP) is 12.4. The van der Waals surface area contributed by atoms with Crippen LogP contribution >= 0.6 is 0 Å². The van der Waals surface area contributed by atoms with E-state index in [0.717, 1.165) is 33.4 Å². The Labute approximate surface area is 308 Å². The van der Waals surface area contributed by atoms with Crippen molar-refractivity contribution in [3.63, 3.8) is 0 Å². The molecule has 0 atom stereocenters. The quantitative estimate of drug-likeness (QED) is 0.0744. The van der Waals surface area contributed by atoms with Gasteiger partial charge in [-0.2, -0.15) is 0 Å². The van der Waals surface area contributed by atoms with Gasteiger partial charge in [-0.25, -0.2) is 17.6 Å². The maximum absolute atomic E-state index is 16.0. The van der Waals surface area contributed by atoms with E-state index in [1.165, 1.54) is 60.7 Å². The van der Waals surface area contributed by atoms with Crippen LogP contribution in [-0.4, -0.2) is 5.97 Å². The van der Waals surface area contributed by atoms with Crippen molar-refractivity contribution in [1.82, 2.24) is 0 Å². The molecule has 1 aliphatic rings. The minimum Gasteiger partial charge on any atom is -0.426 e. The normalized spacial score (nSPS) is 12.9. The summed E-state index contributed by atoms with van der Waals surface area (Å²) in [6.07, 6.45) is 0. The number of carbonyl (C=O) groups is 1. The molecular weight excluding hydrogens is 673 g/mol. The predicted molar refractivity (Wildman–Crippen MR) is 202 cm³/mol. The van der Waals surface area contributed by atoms with Gasteiger partial charge in [-0.3, -0.25) is 4.79 Å². The van der Waals surface area contributed by atoms with Gasteiger partial charge in [0.2, 0.25) is 0 Å². The number of hydrogen-bond donors (Lipinski definition) is 0. The molecule has 268 valence electrons. The molecule has 0 aliphatic heterocycles. The number of benzene rings is 6. The van der Waals surface area contributed by atoms with Gasteiger partial charge in [0, 0.05) is 11.5 Å². The molecule has 0 amide bonds. The van der Waals surface area contributed by atoms with E-state index >= 15 is 8.78 Å². The van der Waals surface area contributed by atoms with Crippen LogP contribution in [0.5, 0.6) is 5.75 Å². The number of rotatable bonds is 6.